The van der Waals surface area contributed by atoms with Gasteiger partial charge in [0.15, 0.2) is 0 Å². The van der Waals surface area contributed by atoms with E-state index in [1.54, 1.807) is 0 Å². The lowest BCUT2D eigenvalue weighted by molar-refractivity contribution is 0.380. The summed E-state index contributed by atoms with van der Waals surface area (Å²) in [7, 11) is 0.852. The van der Waals surface area contributed by atoms with Crippen LogP contribution in [0, 0.1) is 0 Å². The van der Waals surface area contributed by atoms with Crippen LogP contribution in [0.25, 0.3) is 0 Å². The summed E-state index contributed by atoms with van der Waals surface area (Å²) in [4.78, 5) is 1.33. The van der Waals surface area contributed by atoms with Crippen molar-refractivity contribution >= 4 is 22.2 Å². The van der Waals surface area contributed by atoms with Crippen LogP contribution in [0.5, 0.6) is 0 Å². The number of rotatable bonds is 4. The highest BCUT2D eigenvalue weighted by Gasteiger charge is 1.89. The molecule has 3 heteroatoms. The van der Waals surface area contributed by atoms with Crippen molar-refractivity contribution in [3.63, 3.8) is 0 Å². The molecule has 0 aromatic heterocycles. The Kier molecular flexibility index (Phi) is 4.34. The highest BCUT2D eigenvalue weighted by molar-refractivity contribution is 7.99. The van der Waals surface area contributed by atoms with Crippen LogP contribution in [0.3, 0.4) is 0 Å². The molecule has 0 saturated heterocycles. The molecule has 1 aromatic carbocycles. The van der Waals surface area contributed by atoms with Crippen molar-refractivity contribution in [3.05, 3.63) is 30.3 Å². The first kappa shape index (κ1) is 8.84. The minimum Gasteiger partial charge on any atom is -0.427 e. The molecular formula is C8H12OSSi. The van der Waals surface area contributed by atoms with Gasteiger partial charge in [-0.2, -0.15) is 0 Å². The van der Waals surface area contributed by atoms with E-state index in [2.05, 4.69) is 24.3 Å². The summed E-state index contributed by atoms with van der Waals surface area (Å²) < 4.78 is 5.08. The van der Waals surface area contributed by atoms with Crippen LogP contribution in [-0.4, -0.2) is 22.8 Å². The number of thioether (sulfide) groups is 1. The van der Waals surface area contributed by atoms with Crippen molar-refractivity contribution in [2.24, 2.45) is 0 Å². The van der Waals surface area contributed by atoms with Crippen molar-refractivity contribution in [1.29, 1.82) is 0 Å². The molecule has 0 unspecified atom stereocenters. The minimum atomic E-state index is 0.852. The first-order valence-corrected chi connectivity index (χ1v) is 5.40. The fourth-order valence-corrected chi connectivity index (χ4v) is 2.09. The van der Waals surface area contributed by atoms with Gasteiger partial charge >= 0.3 is 0 Å². The monoisotopic (exact) mass is 184 g/mol. The van der Waals surface area contributed by atoms with Crippen LogP contribution in [0.2, 0.25) is 0 Å². The van der Waals surface area contributed by atoms with Crippen molar-refractivity contribution in [2.75, 3.05) is 12.4 Å². The Balaban J connectivity index is 2.28. The summed E-state index contributed by atoms with van der Waals surface area (Å²) in [5.41, 5.74) is 0. The Morgan fingerprint density at radius 2 is 2.00 bits per heavy atom. The van der Waals surface area contributed by atoms with E-state index in [9.17, 15) is 0 Å². The highest BCUT2D eigenvalue weighted by Crippen LogP contribution is 2.15. The largest absolute Gasteiger partial charge is 0.427 e. The van der Waals surface area contributed by atoms with Gasteiger partial charge in [0.1, 0.15) is 10.5 Å². The van der Waals surface area contributed by atoms with Crippen LogP contribution in [0.4, 0.5) is 0 Å². The predicted octanol–water partition coefficient (Wildman–Crippen LogP) is 1.08. The molecule has 0 amide bonds. The second-order valence-corrected chi connectivity index (χ2v) is 3.90. The lowest BCUT2D eigenvalue weighted by Crippen LogP contribution is -1.91. The molecule has 0 saturated carbocycles. The van der Waals surface area contributed by atoms with Gasteiger partial charge in [0.05, 0.1) is 0 Å². The topological polar surface area (TPSA) is 9.23 Å². The second-order valence-electron chi connectivity index (χ2n) is 2.15. The molecule has 1 aromatic rings. The molecule has 60 valence electrons. The Morgan fingerprint density at radius 1 is 1.27 bits per heavy atom. The van der Waals surface area contributed by atoms with E-state index < -0.39 is 0 Å². The molecule has 0 aliphatic carbocycles. The Morgan fingerprint density at radius 3 is 2.64 bits per heavy atom. The number of benzene rings is 1. The van der Waals surface area contributed by atoms with Gasteiger partial charge in [0.25, 0.3) is 0 Å². The fourth-order valence-electron chi connectivity index (χ4n) is 0.760. The van der Waals surface area contributed by atoms with Gasteiger partial charge in [-0.25, -0.2) is 0 Å². The quantitative estimate of drug-likeness (QED) is 0.393. The molecule has 0 N–H and O–H groups in total. The molecule has 0 bridgehead atoms. The Hall–Kier alpha value is -0.253. The minimum absolute atomic E-state index is 0.852. The van der Waals surface area contributed by atoms with Gasteiger partial charge in [-0.1, -0.05) is 18.2 Å². The molecule has 0 radical (unpaired) electrons. The molecular weight excluding hydrogens is 172 g/mol. The molecule has 0 fully saturated rings. The molecule has 11 heavy (non-hydrogen) atoms. The zero-order valence-corrected chi connectivity index (χ0v) is 9.43. The second kappa shape index (κ2) is 5.40. The van der Waals surface area contributed by atoms with E-state index in [0.29, 0.717) is 0 Å². The molecule has 0 heterocycles. The summed E-state index contributed by atoms with van der Waals surface area (Å²) in [5, 5.41) is 0. The van der Waals surface area contributed by atoms with E-state index in [4.69, 9.17) is 4.43 Å². The van der Waals surface area contributed by atoms with E-state index in [0.717, 1.165) is 22.8 Å². The van der Waals surface area contributed by atoms with Crippen molar-refractivity contribution in [2.45, 2.75) is 4.90 Å². The Bertz CT molecular complexity index is 191. The third kappa shape index (κ3) is 3.60. The van der Waals surface area contributed by atoms with Crippen molar-refractivity contribution in [3.8, 4) is 0 Å². The van der Waals surface area contributed by atoms with Crippen molar-refractivity contribution < 1.29 is 4.43 Å². The third-order valence-corrected chi connectivity index (χ3v) is 2.68. The zero-order chi connectivity index (χ0) is 7.94. The summed E-state index contributed by atoms with van der Waals surface area (Å²) in [6.45, 7) is 0.881. The maximum Gasteiger partial charge on any atom is 0.146 e. The third-order valence-electron chi connectivity index (χ3n) is 1.30. The molecule has 0 spiro atoms. The average Bonchev–Trinajstić information content (AvgIpc) is 2.07. The van der Waals surface area contributed by atoms with Gasteiger partial charge in [-0.05, 0) is 12.1 Å². The van der Waals surface area contributed by atoms with Gasteiger partial charge in [0.2, 0.25) is 0 Å². The lowest BCUT2D eigenvalue weighted by atomic mass is 10.4. The van der Waals surface area contributed by atoms with Crippen molar-refractivity contribution in [1.82, 2.24) is 0 Å². The van der Waals surface area contributed by atoms with E-state index in [1.165, 1.54) is 4.90 Å². The van der Waals surface area contributed by atoms with Gasteiger partial charge in [-0.3, -0.25) is 0 Å². The van der Waals surface area contributed by atoms with Crippen LogP contribution < -0.4 is 0 Å². The summed E-state index contributed by atoms with van der Waals surface area (Å²) in [6.07, 6.45) is 0. The first-order valence-electron chi connectivity index (χ1n) is 3.60. The molecule has 0 aliphatic heterocycles. The summed E-state index contributed by atoms with van der Waals surface area (Å²) >= 11 is 1.84. The fraction of sp³-hybridized carbons (Fsp3) is 0.250. The standard InChI is InChI=1S/C8H12OSSi/c11-9-6-7-10-8-4-2-1-3-5-8/h1-5H,6-7H2,11H3. The maximum atomic E-state index is 5.08. The SMILES string of the molecule is [SiH3]OCCSc1ccccc1. The number of hydrogen-bond acceptors (Lipinski definition) is 2. The van der Waals surface area contributed by atoms with E-state index >= 15 is 0 Å². The van der Waals surface area contributed by atoms with E-state index in [-0.39, 0.29) is 0 Å². The van der Waals surface area contributed by atoms with Gasteiger partial charge < -0.3 is 4.43 Å². The lowest BCUT2D eigenvalue weighted by Gasteiger charge is -1.99. The van der Waals surface area contributed by atoms with Crippen LogP contribution in [-0.2, 0) is 4.43 Å². The molecule has 1 nitrogen and oxygen atoms in total. The van der Waals surface area contributed by atoms with Gasteiger partial charge in [-0.15, -0.1) is 11.8 Å². The molecule has 0 atom stereocenters. The number of hydrogen-bond donors (Lipinski definition) is 0. The van der Waals surface area contributed by atoms with Gasteiger partial charge in [0, 0.05) is 17.3 Å². The normalized spacial score (nSPS) is 10.2. The summed E-state index contributed by atoms with van der Waals surface area (Å²) in [5.74, 6) is 1.06. The van der Waals surface area contributed by atoms with Crippen LogP contribution in [0.1, 0.15) is 0 Å². The molecule has 0 aliphatic rings. The van der Waals surface area contributed by atoms with E-state index in [1.807, 2.05) is 17.8 Å². The van der Waals surface area contributed by atoms with Crippen LogP contribution >= 0.6 is 11.8 Å². The van der Waals surface area contributed by atoms with Crippen LogP contribution in [0.15, 0.2) is 35.2 Å². The maximum absolute atomic E-state index is 5.08. The Labute approximate surface area is 74.7 Å². The highest BCUT2D eigenvalue weighted by atomic mass is 32.2. The first-order chi connectivity index (χ1) is 5.43. The zero-order valence-electron chi connectivity index (χ0n) is 6.62. The molecule has 1 rings (SSSR count). The predicted molar refractivity (Wildman–Crippen MR) is 53.1 cm³/mol. The average molecular weight is 184 g/mol. The smallest absolute Gasteiger partial charge is 0.146 e. The summed E-state index contributed by atoms with van der Waals surface area (Å²) in [6, 6.07) is 10.4.